The van der Waals surface area contributed by atoms with E-state index in [0.717, 1.165) is 15.8 Å². The minimum atomic E-state index is -0.857. The van der Waals surface area contributed by atoms with Crippen molar-refractivity contribution in [1.29, 1.82) is 0 Å². The number of amides is 1. The van der Waals surface area contributed by atoms with Crippen LogP contribution in [0.15, 0.2) is 72.3 Å². The van der Waals surface area contributed by atoms with Gasteiger partial charge in [0.2, 0.25) is 0 Å². The number of ketones is 1. The SMILES string of the molecule is CCOc1ccc(C(O)=C2C(=O)C(=O)N(c3nc4ccc(C)cc4s3)[C@H]2c2ccc(OC)cc2)cc1. The van der Waals surface area contributed by atoms with Gasteiger partial charge in [-0.25, -0.2) is 4.98 Å². The Kier molecular flexibility index (Phi) is 6.20. The Labute approximate surface area is 212 Å². The molecule has 1 aliphatic heterocycles. The van der Waals surface area contributed by atoms with Crippen molar-refractivity contribution < 1.29 is 24.2 Å². The van der Waals surface area contributed by atoms with Crippen LogP contribution in [0.2, 0.25) is 0 Å². The molecule has 5 rings (SSSR count). The highest BCUT2D eigenvalue weighted by Gasteiger charge is 2.48. The topological polar surface area (TPSA) is 89.0 Å². The number of hydrogen-bond donors (Lipinski definition) is 1. The van der Waals surface area contributed by atoms with E-state index in [4.69, 9.17) is 9.47 Å². The van der Waals surface area contributed by atoms with E-state index >= 15 is 0 Å². The molecule has 4 aromatic rings. The highest BCUT2D eigenvalue weighted by atomic mass is 32.1. The number of hydrogen-bond acceptors (Lipinski definition) is 7. The monoisotopic (exact) mass is 500 g/mol. The Morgan fingerprint density at radius 3 is 2.39 bits per heavy atom. The molecule has 0 aliphatic carbocycles. The first-order chi connectivity index (χ1) is 17.4. The third-order valence-corrected chi connectivity index (χ3v) is 7.07. The van der Waals surface area contributed by atoms with Gasteiger partial charge in [-0.3, -0.25) is 14.5 Å². The van der Waals surface area contributed by atoms with Crippen molar-refractivity contribution >= 4 is 44.1 Å². The second-order valence-electron chi connectivity index (χ2n) is 8.37. The highest BCUT2D eigenvalue weighted by molar-refractivity contribution is 7.22. The fraction of sp³-hybridized carbons (Fsp3) is 0.179. The molecule has 7 nitrogen and oxygen atoms in total. The molecule has 0 radical (unpaired) electrons. The van der Waals surface area contributed by atoms with Gasteiger partial charge in [-0.1, -0.05) is 29.5 Å². The lowest BCUT2D eigenvalue weighted by Gasteiger charge is -2.23. The molecular weight excluding hydrogens is 476 g/mol. The number of anilines is 1. The molecule has 8 heteroatoms. The van der Waals surface area contributed by atoms with E-state index in [2.05, 4.69) is 4.98 Å². The van der Waals surface area contributed by atoms with Crippen molar-refractivity contribution in [2.75, 3.05) is 18.6 Å². The summed E-state index contributed by atoms with van der Waals surface area (Å²) in [5.41, 5.74) is 2.88. The molecule has 182 valence electrons. The van der Waals surface area contributed by atoms with Crippen LogP contribution in [0.5, 0.6) is 11.5 Å². The van der Waals surface area contributed by atoms with Gasteiger partial charge in [-0.2, -0.15) is 0 Å². The number of ether oxygens (including phenoxy) is 2. The fourth-order valence-electron chi connectivity index (χ4n) is 4.29. The quantitative estimate of drug-likeness (QED) is 0.209. The molecule has 0 unspecified atom stereocenters. The minimum absolute atomic E-state index is 0.00441. The van der Waals surface area contributed by atoms with Crippen LogP contribution in [0.3, 0.4) is 0 Å². The second kappa shape index (κ2) is 9.47. The van der Waals surface area contributed by atoms with Gasteiger partial charge in [0.1, 0.15) is 17.3 Å². The molecule has 1 amide bonds. The van der Waals surface area contributed by atoms with Gasteiger partial charge >= 0.3 is 5.91 Å². The van der Waals surface area contributed by atoms with Gasteiger partial charge in [-0.05, 0) is 73.5 Å². The molecule has 1 aliphatic rings. The average molecular weight is 501 g/mol. The van der Waals surface area contributed by atoms with Crippen LogP contribution in [0, 0.1) is 6.92 Å². The van der Waals surface area contributed by atoms with Crippen LogP contribution in [0.1, 0.15) is 29.7 Å². The van der Waals surface area contributed by atoms with Gasteiger partial charge in [0, 0.05) is 5.56 Å². The lowest BCUT2D eigenvalue weighted by molar-refractivity contribution is -0.132. The van der Waals surface area contributed by atoms with Crippen LogP contribution >= 0.6 is 11.3 Å². The zero-order chi connectivity index (χ0) is 25.4. The molecule has 3 aromatic carbocycles. The number of carbonyl (C=O) groups is 2. The number of benzene rings is 3. The van der Waals surface area contributed by atoms with Gasteiger partial charge < -0.3 is 14.6 Å². The Morgan fingerprint density at radius 1 is 1.03 bits per heavy atom. The molecule has 0 spiro atoms. The number of rotatable bonds is 6. The summed E-state index contributed by atoms with van der Waals surface area (Å²) >= 11 is 1.33. The summed E-state index contributed by atoms with van der Waals surface area (Å²) in [4.78, 5) is 32.8. The zero-order valence-corrected chi connectivity index (χ0v) is 20.8. The number of aryl methyl sites for hydroxylation is 1. The third-order valence-electron chi connectivity index (χ3n) is 6.05. The summed E-state index contributed by atoms with van der Waals surface area (Å²) in [7, 11) is 1.57. The summed E-state index contributed by atoms with van der Waals surface area (Å²) in [6.07, 6.45) is 0. The lowest BCUT2D eigenvalue weighted by atomic mass is 9.95. The Balaban J connectivity index is 1.68. The molecule has 1 aromatic heterocycles. The van der Waals surface area contributed by atoms with Gasteiger partial charge in [0.25, 0.3) is 5.78 Å². The van der Waals surface area contributed by atoms with Crippen LogP contribution in [-0.4, -0.2) is 35.5 Å². The first-order valence-electron chi connectivity index (χ1n) is 11.5. The summed E-state index contributed by atoms with van der Waals surface area (Å²) < 4.78 is 11.7. The number of aliphatic hydroxyl groups is 1. The summed E-state index contributed by atoms with van der Waals surface area (Å²) in [5.74, 6) is -0.475. The number of methoxy groups -OCH3 is 1. The van der Waals surface area contributed by atoms with Crippen molar-refractivity contribution in [3.8, 4) is 11.5 Å². The van der Waals surface area contributed by atoms with E-state index in [1.807, 2.05) is 32.0 Å². The van der Waals surface area contributed by atoms with Gasteiger partial charge in [0.15, 0.2) is 5.13 Å². The molecule has 0 bridgehead atoms. The van der Waals surface area contributed by atoms with E-state index in [1.54, 1.807) is 55.6 Å². The number of aromatic nitrogens is 1. The molecule has 1 fully saturated rings. The number of thiazole rings is 1. The van der Waals surface area contributed by atoms with E-state index < -0.39 is 17.7 Å². The van der Waals surface area contributed by atoms with E-state index in [1.165, 1.54) is 16.2 Å². The van der Waals surface area contributed by atoms with E-state index in [-0.39, 0.29) is 11.3 Å². The van der Waals surface area contributed by atoms with Crippen molar-refractivity contribution in [3.05, 3.63) is 89.0 Å². The van der Waals surface area contributed by atoms with Crippen molar-refractivity contribution in [1.82, 2.24) is 4.98 Å². The Bertz CT molecular complexity index is 1490. The largest absolute Gasteiger partial charge is 0.507 e. The molecule has 1 atom stereocenters. The smallest absolute Gasteiger partial charge is 0.301 e. The van der Waals surface area contributed by atoms with E-state index in [9.17, 15) is 14.7 Å². The van der Waals surface area contributed by atoms with Gasteiger partial charge in [-0.15, -0.1) is 0 Å². The molecule has 1 N–H and O–H groups in total. The predicted molar refractivity (Wildman–Crippen MR) is 140 cm³/mol. The molecule has 1 saturated heterocycles. The standard InChI is InChI=1S/C28H24N2O5S/c1-4-35-20-12-8-18(9-13-20)25(31)23-24(17-6-10-19(34-3)11-7-17)30(27(33)26(23)32)28-29-21-14-5-16(2)15-22(21)36-28/h5-15,24,31H,4H2,1-3H3/t24-/m0/s1. The van der Waals surface area contributed by atoms with Crippen LogP contribution in [0.4, 0.5) is 5.13 Å². The maximum Gasteiger partial charge on any atom is 0.301 e. The van der Waals surface area contributed by atoms with E-state index in [0.29, 0.717) is 34.4 Å². The number of aliphatic hydroxyl groups excluding tert-OH is 1. The van der Waals surface area contributed by atoms with Gasteiger partial charge in [0.05, 0.1) is 35.5 Å². The summed E-state index contributed by atoms with van der Waals surface area (Å²) in [5, 5.41) is 11.7. The predicted octanol–water partition coefficient (Wildman–Crippen LogP) is 5.64. The molecule has 0 saturated carbocycles. The Hall–Kier alpha value is -4.17. The Morgan fingerprint density at radius 2 is 1.72 bits per heavy atom. The summed E-state index contributed by atoms with van der Waals surface area (Å²) in [6.45, 7) is 4.38. The number of fused-ring (bicyclic) bond motifs is 1. The molecule has 2 heterocycles. The maximum absolute atomic E-state index is 13.4. The first kappa shape index (κ1) is 23.6. The highest BCUT2D eigenvalue weighted by Crippen LogP contribution is 2.44. The van der Waals surface area contributed by atoms with Crippen LogP contribution < -0.4 is 14.4 Å². The normalized spacial score (nSPS) is 17.1. The number of Topliss-reactive ketones (excluding diaryl/α,β-unsaturated/α-hetero) is 1. The van der Waals surface area contributed by atoms with Crippen LogP contribution in [-0.2, 0) is 9.59 Å². The first-order valence-corrected chi connectivity index (χ1v) is 12.3. The lowest BCUT2D eigenvalue weighted by Crippen LogP contribution is -2.29. The van der Waals surface area contributed by atoms with Crippen molar-refractivity contribution in [2.45, 2.75) is 19.9 Å². The number of carbonyl (C=O) groups excluding carboxylic acids is 2. The average Bonchev–Trinajstić information content (AvgIpc) is 3.42. The maximum atomic E-state index is 13.4. The van der Waals surface area contributed by atoms with Crippen LogP contribution in [0.25, 0.3) is 16.0 Å². The van der Waals surface area contributed by atoms with Crippen molar-refractivity contribution in [2.24, 2.45) is 0 Å². The fourth-order valence-corrected chi connectivity index (χ4v) is 5.38. The third kappa shape index (κ3) is 4.09. The number of nitrogens with zero attached hydrogens (tertiary/aromatic N) is 2. The minimum Gasteiger partial charge on any atom is -0.507 e. The van der Waals surface area contributed by atoms with Crippen molar-refractivity contribution in [3.63, 3.8) is 0 Å². The summed E-state index contributed by atoms with van der Waals surface area (Å²) in [6, 6.07) is 18.8. The molecular formula is C28H24N2O5S. The molecule has 36 heavy (non-hydrogen) atoms. The zero-order valence-electron chi connectivity index (χ0n) is 20.0. The second-order valence-corrected chi connectivity index (χ2v) is 9.38.